The van der Waals surface area contributed by atoms with Crippen molar-refractivity contribution in [3.8, 4) is 0 Å². The zero-order valence-electron chi connectivity index (χ0n) is 11.2. The second kappa shape index (κ2) is 5.69. The number of carbonyl (C=O) groups excluding carboxylic acids is 2. The van der Waals surface area contributed by atoms with Gasteiger partial charge >= 0.3 is 0 Å². The fourth-order valence-electron chi connectivity index (χ4n) is 2.95. The minimum absolute atomic E-state index is 0.0320. The Morgan fingerprint density at radius 3 is 2.78 bits per heavy atom. The van der Waals surface area contributed by atoms with E-state index in [0.717, 1.165) is 32.2 Å². The molecule has 2 aliphatic heterocycles. The second-order valence-corrected chi connectivity index (χ2v) is 5.69. The lowest BCUT2D eigenvalue weighted by Gasteiger charge is -2.33. The highest BCUT2D eigenvalue weighted by molar-refractivity contribution is 5.90. The number of rotatable bonds is 2. The Morgan fingerprint density at radius 2 is 2.11 bits per heavy atom. The predicted octanol–water partition coefficient (Wildman–Crippen LogP) is 0.158. The molecule has 0 bridgehead atoms. The molecular weight excluding hydrogens is 230 g/mol. The van der Waals surface area contributed by atoms with Crippen molar-refractivity contribution in [3.05, 3.63) is 0 Å². The van der Waals surface area contributed by atoms with E-state index in [4.69, 9.17) is 0 Å². The molecule has 2 saturated heterocycles. The maximum atomic E-state index is 12.1. The van der Waals surface area contributed by atoms with Crippen LogP contribution in [0, 0.1) is 5.92 Å². The van der Waals surface area contributed by atoms with E-state index in [1.807, 2.05) is 0 Å². The molecule has 0 radical (unpaired) electrons. The molecular formula is C13H23N3O2. The molecule has 2 heterocycles. The van der Waals surface area contributed by atoms with Crippen LogP contribution in [0.5, 0.6) is 0 Å². The first kappa shape index (κ1) is 13.3. The van der Waals surface area contributed by atoms with Crippen LogP contribution in [0.1, 0.15) is 39.5 Å². The molecule has 5 nitrogen and oxygen atoms in total. The SMILES string of the molecule is CC1CC(C)NC(C(=O)NC2CCCNC2=O)C1. The number of hydrogen-bond donors (Lipinski definition) is 3. The van der Waals surface area contributed by atoms with Crippen LogP contribution in [0.25, 0.3) is 0 Å². The van der Waals surface area contributed by atoms with Crippen molar-refractivity contribution in [2.75, 3.05) is 6.54 Å². The molecule has 18 heavy (non-hydrogen) atoms. The summed E-state index contributed by atoms with van der Waals surface area (Å²) in [6.45, 7) is 5.00. The zero-order valence-corrected chi connectivity index (χ0v) is 11.2. The highest BCUT2D eigenvalue weighted by Crippen LogP contribution is 2.19. The molecule has 0 aromatic carbocycles. The van der Waals surface area contributed by atoms with Crippen LogP contribution in [0.15, 0.2) is 0 Å². The fraction of sp³-hybridized carbons (Fsp3) is 0.846. The molecule has 0 spiro atoms. The predicted molar refractivity (Wildman–Crippen MR) is 69.0 cm³/mol. The molecule has 2 rings (SSSR count). The normalized spacial score (nSPS) is 36.9. The topological polar surface area (TPSA) is 70.2 Å². The largest absolute Gasteiger partial charge is 0.354 e. The Hall–Kier alpha value is -1.10. The second-order valence-electron chi connectivity index (χ2n) is 5.69. The third-order valence-electron chi connectivity index (χ3n) is 3.80. The summed E-state index contributed by atoms with van der Waals surface area (Å²) in [7, 11) is 0. The lowest BCUT2D eigenvalue weighted by molar-refractivity contribution is -0.131. The standard InChI is InChI=1S/C13H23N3O2/c1-8-6-9(2)15-11(7-8)13(18)16-10-4-3-5-14-12(10)17/h8-11,15H,3-7H2,1-2H3,(H,14,17)(H,16,18). The zero-order chi connectivity index (χ0) is 13.1. The number of carbonyl (C=O) groups is 2. The van der Waals surface area contributed by atoms with Gasteiger partial charge in [0, 0.05) is 12.6 Å². The summed E-state index contributed by atoms with van der Waals surface area (Å²) in [5.74, 6) is 0.471. The summed E-state index contributed by atoms with van der Waals surface area (Å²) in [4.78, 5) is 23.7. The Balaban J connectivity index is 1.88. The lowest BCUT2D eigenvalue weighted by atomic mass is 9.89. The van der Waals surface area contributed by atoms with Gasteiger partial charge in [-0.25, -0.2) is 0 Å². The van der Waals surface area contributed by atoms with E-state index < -0.39 is 0 Å². The van der Waals surface area contributed by atoms with E-state index in [2.05, 4.69) is 29.8 Å². The van der Waals surface area contributed by atoms with Gasteiger partial charge in [-0.2, -0.15) is 0 Å². The fourth-order valence-corrected chi connectivity index (χ4v) is 2.95. The van der Waals surface area contributed by atoms with Crippen molar-refractivity contribution < 1.29 is 9.59 Å². The van der Waals surface area contributed by atoms with E-state index in [1.165, 1.54) is 0 Å². The van der Waals surface area contributed by atoms with Crippen LogP contribution < -0.4 is 16.0 Å². The molecule has 5 heteroatoms. The number of hydrogen-bond acceptors (Lipinski definition) is 3. The van der Waals surface area contributed by atoms with Gasteiger partial charge in [-0.05, 0) is 38.5 Å². The number of piperidine rings is 2. The van der Waals surface area contributed by atoms with Crippen LogP contribution in [0.3, 0.4) is 0 Å². The van der Waals surface area contributed by atoms with E-state index in [0.29, 0.717) is 12.0 Å². The molecule has 0 aromatic heterocycles. The van der Waals surface area contributed by atoms with Crippen molar-refractivity contribution in [2.24, 2.45) is 5.92 Å². The molecule has 2 aliphatic rings. The minimum Gasteiger partial charge on any atom is -0.354 e. The van der Waals surface area contributed by atoms with Gasteiger partial charge in [0.15, 0.2) is 0 Å². The minimum atomic E-state index is -0.347. The van der Waals surface area contributed by atoms with Gasteiger partial charge in [0.2, 0.25) is 11.8 Å². The summed E-state index contributed by atoms with van der Waals surface area (Å²) in [6, 6.07) is -0.135. The molecule has 102 valence electrons. The maximum absolute atomic E-state index is 12.1. The van der Waals surface area contributed by atoms with Gasteiger partial charge in [0.25, 0.3) is 0 Å². The van der Waals surface area contributed by atoms with Crippen molar-refractivity contribution in [3.63, 3.8) is 0 Å². The Morgan fingerprint density at radius 1 is 1.33 bits per heavy atom. The molecule has 3 N–H and O–H groups in total. The Labute approximate surface area is 108 Å². The van der Waals surface area contributed by atoms with E-state index in [9.17, 15) is 9.59 Å². The maximum Gasteiger partial charge on any atom is 0.242 e. The van der Waals surface area contributed by atoms with E-state index in [1.54, 1.807) is 0 Å². The van der Waals surface area contributed by atoms with Crippen molar-refractivity contribution in [2.45, 2.75) is 57.7 Å². The summed E-state index contributed by atoms with van der Waals surface area (Å²) in [5, 5.41) is 8.96. The monoisotopic (exact) mass is 253 g/mol. The van der Waals surface area contributed by atoms with Crippen molar-refractivity contribution in [1.29, 1.82) is 0 Å². The van der Waals surface area contributed by atoms with Crippen LogP contribution in [-0.4, -0.2) is 36.5 Å². The average Bonchev–Trinajstić information content (AvgIpc) is 2.31. The van der Waals surface area contributed by atoms with Crippen LogP contribution >= 0.6 is 0 Å². The first-order chi connectivity index (χ1) is 8.56. The smallest absolute Gasteiger partial charge is 0.242 e. The molecule has 0 aromatic rings. The summed E-state index contributed by atoms with van der Waals surface area (Å²) in [5.41, 5.74) is 0. The number of amides is 2. The molecule has 4 atom stereocenters. The molecule has 2 fully saturated rings. The van der Waals surface area contributed by atoms with Crippen LogP contribution in [0.2, 0.25) is 0 Å². The Bertz CT molecular complexity index is 322. The summed E-state index contributed by atoms with van der Waals surface area (Å²) in [6.07, 6.45) is 3.63. The summed E-state index contributed by atoms with van der Waals surface area (Å²) < 4.78 is 0. The van der Waals surface area contributed by atoms with Crippen molar-refractivity contribution in [1.82, 2.24) is 16.0 Å². The summed E-state index contributed by atoms with van der Waals surface area (Å²) >= 11 is 0. The molecule has 0 saturated carbocycles. The van der Waals surface area contributed by atoms with Gasteiger partial charge in [-0.15, -0.1) is 0 Å². The quantitative estimate of drug-likeness (QED) is 0.656. The third-order valence-corrected chi connectivity index (χ3v) is 3.80. The third kappa shape index (κ3) is 3.22. The van der Waals surface area contributed by atoms with Crippen LogP contribution in [0.4, 0.5) is 0 Å². The van der Waals surface area contributed by atoms with Gasteiger partial charge in [0.05, 0.1) is 6.04 Å². The van der Waals surface area contributed by atoms with Gasteiger partial charge in [0.1, 0.15) is 6.04 Å². The lowest BCUT2D eigenvalue weighted by Crippen LogP contribution is -2.57. The van der Waals surface area contributed by atoms with Crippen molar-refractivity contribution >= 4 is 11.8 Å². The van der Waals surface area contributed by atoms with E-state index >= 15 is 0 Å². The van der Waals surface area contributed by atoms with Gasteiger partial charge in [-0.1, -0.05) is 6.92 Å². The average molecular weight is 253 g/mol. The molecule has 0 aliphatic carbocycles. The number of nitrogens with one attached hydrogen (secondary N) is 3. The van der Waals surface area contributed by atoms with Crippen LogP contribution in [-0.2, 0) is 9.59 Å². The van der Waals surface area contributed by atoms with Gasteiger partial charge in [-0.3, -0.25) is 9.59 Å². The molecule has 4 unspecified atom stereocenters. The Kier molecular flexibility index (Phi) is 4.22. The molecule has 2 amide bonds. The highest BCUT2D eigenvalue weighted by Gasteiger charge is 2.31. The first-order valence-electron chi connectivity index (χ1n) is 6.90. The van der Waals surface area contributed by atoms with E-state index in [-0.39, 0.29) is 23.9 Å². The van der Waals surface area contributed by atoms with Gasteiger partial charge < -0.3 is 16.0 Å². The first-order valence-corrected chi connectivity index (χ1v) is 6.90. The highest BCUT2D eigenvalue weighted by atomic mass is 16.2.